The lowest BCUT2D eigenvalue weighted by molar-refractivity contribution is -0.148. The summed E-state index contributed by atoms with van der Waals surface area (Å²) in [4.78, 5) is 26.1. The van der Waals surface area contributed by atoms with E-state index in [1.807, 2.05) is 36.4 Å². The monoisotopic (exact) mass is 362 g/mol. The molecule has 3 aliphatic carbocycles. The number of carbonyl (C=O) groups excluding carboxylic acids is 2. The summed E-state index contributed by atoms with van der Waals surface area (Å²) in [5.74, 6) is -0.422. The van der Waals surface area contributed by atoms with Gasteiger partial charge in [-0.25, -0.2) is 0 Å². The number of hydrogen-bond donors (Lipinski definition) is 0. The lowest BCUT2D eigenvalue weighted by Gasteiger charge is -2.18. The van der Waals surface area contributed by atoms with Gasteiger partial charge in [-0.15, -0.1) is 0 Å². The van der Waals surface area contributed by atoms with Crippen LogP contribution in [0.1, 0.15) is 35.8 Å². The Hall–Kier alpha value is -2.62. The predicted molar refractivity (Wildman–Crippen MR) is 98.9 cm³/mol. The SMILES string of the molecule is COC(=O)C12CCC3(C(=O)OC)C(c4ccccc4)C13C2c1ccccc1. The van der Waals surface area contributed by atoms with E-state index in [0.717, 1.165) is 11.1 Å². The van der Waals surface area contributed by atoms with Crippen molar-refractivity contribution in [3.05, 3.63) is 71.8 Å². The molecule has 0 heterocycles. The van der Waals surface area contributed by atoms with E-state index in [2.05, 4.69) is 24.3 Å². The molecule has 0 aromatic heterocycles. The van der Waals surface area contributed by atoms with Crippen LogP contribution in [0.25, 0.3) is 0 Å². The molecule has 0 aliphatic heterocycles. The Morgan fingerprint density at radius 1 is 0.741 bits per heavy atom. The Balaban J connectivity index is 1.72. The average Bonchev–Trinajstić information content (AvgIpc) is 3.53. The van der Waals surface area contributed by atoms with E-state index in [9.17, 15) is 9.59 Å². The molecule has 1 spiro atoms. The summed E-state index contributed by atoms with van der Waals surface area (Å²) in [7, 11) is 2.90. The molecular weight excluding hydrogens is 340 g/mol. The molecule has 27 heavy (non-hydrogen) atoms. The number of hydrogen-bond acceptors (Lipinski definition) is 4. The third kappa shape index (κ3) is 1.57. The van der Waals surface area contributed by atoms with Crippen molar-refractivity contribution >= 4 is 11.9 Å². The van der Waals surface area contributed by atoms with Gasteiger partial charge in [0, 0.05) is 17.3 Å². The van der Waals surface area contributed by atoms with Crippen molar-refractivity contribution in [3.63, 3.8) is 0 Å². The summed E-state index contributed by atoms with van der Waals surface area (Å²) in [5.41, 5.74) is 0.488. The maximum absolute atomic E-state index is 13.0. The van der Waals surface area contributed by atoms with E-state index in [4.69, 9.17) is 9.47 Å². The number of ether oxygens (including phenoxy) is 2. The van der Waals surface area contributed by atoms with Crippen molar-refractivity contribution in [1.29, 1.82) is 0 Å². The van der Waals surface area contributed by atoms with Crippen LogP contribution in [0, 0.1) is 16.2 Å². The van der Waals surface area contributed by atoms with Crippen molar-refractivity contribution in [2.24, 2.45) is 16.2 Å². The molecule has 4 heteroatoms. The summed E-state index contributed by atoms with van der Waals surface area (Å²) >= 11 is 0. The number of benzene rings is 2. The van der Waals surface area contributed by atoms with Crippen LogP contribution in [0.5, 0.6) is 0 Å². The number of carbonyl (C=O) groups is 2. The van der Waals surface area contributed by atoms with Crippen LogP contribution in [0.3, 0.4) is 0 Å². The van der Waals surface area contributed by atoms with Gasteiger partial charge < -0.3 is 9.47 Å². The van der Waals surface area contributed by atoms with Gasteiger partial charge in [-0.3, -0.25) is 9.59 Å². The second-order valence-corrected chi connectivity index (χ2v) is 7.98. The lowest BCUT2D eigenvalue weighted by Crippen LogP contribution is -2.22. The fraction of sp³-hybridized carbons (Fsp3) is 0.391. The quantitative estimate of drug-likeness (QED) is 0.779. The van der Waals surface area contributed by atoms with Crippen LogP contribution >= 0.6 is 0 Å². The molecule has 0 N–H and O–H groups in total. The van der Waals surface area contributed by atoms with Gasteiger partial charge in [0.15, 0.2) is 0 Å². The number of methoxy groups -OCH3 is 2. The highest BCUT2D eigenvalue weighted by Crippen LogP contribution is 3.05. The fourth-order valence-electron chi connectivity index (χ4n) is 6.82. The molecule has 3 aliphatic rings. The molecule has 3 saturated carbocycles. The minimum atomic E-state index is -0.641. The Kier molecular flexibility index (Phi) is 3.20. The maximum atomic E-state index is 13.0. The molecule has 4 atom stereocenters. The lowest BCUT2D eigenvalue weighted by atomic mass is 9.88. The Morgan fingerprint density at radius 2 is 1.11 bits per heavy atom. The molecule has 138 valence electrons. The number of esters is 2. The molecule has 0 radical (unpaired) electrons. The molecule has 5 rings (SSSR count). The summed E-state index contributed by atoms with van der Waals surface area (Å²) in [6, 6.07) is 20.1. The van der Waals surface area contributed by atoms with Crippen molar-refractivity contribution in [2.45, 2.75) is 24.7 Å². The minimum Gasteiger partial charge on any atom is -0.469 e. The molecule has 0 amide bonds. The van der Waals surface area contributed by atoms with Crippen LogP contribution < -0.4 is 0 Å². The van der Waals surface area contributed by atoms with Crippen LogP contribution in [0.15, 0.2) is 60.7 Å². The third-order valence-electron chi connectivity index (χ3n) is 7.48. The highest BCUT2D eigenvalue weighted by Gasteiger charge is 3.05. The highest BCUT2D eigenvalue weighted by molar-refractivity contribution is 5.98. The van der Waals surface area contributed by atoms with E-state index in [0.29, 0.717) is 12.8 Å². The van der Waals surface area contributed by atoms with E-state index >= 15 is 0 Å². The van der Waals surface area contributed by atoms with Gasteiger partial charge in [0.1, 0.15) is 0 Å². The zero-order chi connectivity index (χ0) is 18.9. The molecule has 4 unspecified atom stereocenters. The highest BCUT2D eigenvalue weighted by atomic mass is 16.5. The topological polar surface area (TPSA) is 52.6 Å². The fourth-order valence-corrected chi connectivity index (χ4v) is 6.82. The van der Waals surface area contributed by atoms with Gasteiger partial charge in [0.05, 0.1) is 25.0 Å². The normalized spacial score (nSPS) is 37.7. The average molecular weight is 362 g/mol. The van der Waals surface area contributed by atoms with Crippen LogP contribution in [-0.2, 0) is 19.1 Å². The largest absolute Gasteiger partial charge is 0.469 e. The van der Waals surface area contributed by atoms with E-state index in [1.165, 1.54) is 14.2 Å². The summed E-state index contributed by atoms with van der Waals surface area (Å²) in [6.07, 6.45) is 1.33. The maximum Gasteiger partial charge on any atom is 0.313 e. The molecule has 2 aromatic rings. The molecule has 0 bridgehead atoms. The van der Waals surface area contributed by atoms with Crippen molar-refractivity contribution in [2.75, 3.05) is 14.2 Å². The van der Waals surface area contributed by atoms with Gasteiger partial charge >= 0.3 is 11.9 Å². The molecular formula is C23H22O4. The smallest absolute Gasteiger partial charge is 0.313 e. The van der Waals surface area contributed by atoms with E-state index < -0.39 is 16.2 Å². The summed E-state index contributed by atoms with van der Waals surface area (Å²) in [6.45, 7) is 0. The minimum absolute atomic E-state index is 0.0169. The standard InChI is InChI=1S/C23H22O4/c1-26-19(24)21-13-14-22(20(25)27-2)18(16-11-7-4-8-12-16)23(21,22)17(21)15-9-5-3-6-10-15/h3-12,17-18H,13-14H2,1-2H3. The summed E-state index contributed by atoms with van der Waals surface area (Å²) < 4.78 is 10.5. The zero-order valence-electron chi connectivity index (χ0n) is 15.5. The van der Waals surface area contributed by atoms with Crippen LogP contribution in [0.2, 0.25) is 0 Å². The Bertz CT molecular complexity index is 844. The van der Waals surface area contributed by atoms with Gasteiger partial charge in [-0.2, -0.15) is 0 Å². The second kappa shape index (κ2) is 5.22. The molecule has 0 saturated heterocycles. The summed E-state index contributed by atoms with van der Waals surface area (Å²) in [5, 5.41) is 0. The zero-order valence-corrected chi connectivity index (χ0v) is 15.5. The third-order valence-corrected chi connectivity index (χ3v) is 7.48. The van der Waals surface area contributed by atoms with Gasteiger partial charge in [0.25, 0.3) is 0 Å². The van der Waals surface area contributed by atoms with E-state index in [1.54, 1.807) is 0 Å². The first kappa shape index (κ1) is 16.5. The van der Waals surface area contributed by atoms with Crippen molar-refractivity contribution in [1.82, 2.24) is 0 Å². The first-order chi connectivity index (χ1) is 13.1. The predicted octanol–water partition coefficient (Wildman–Crippen LogP) is 3.68. The van der Waals surface area contributed by atoms with Gasteiger partial charge in [-0.05, 0) is 24.0 Å². The van der Waals surface area contributed by atoms with Gasteiger partial charge in [-0.1, -0.05) is 60.7 Å². The molecule has 3 fully saturated rings. The first-order valence-electron chi connectivity index (χ1n) is 9.39. The van der Waals surface area contributed by atoms with Crippen molar-refractivity contribution < 1.29 is 19.1 Å². The Labute approximate surface area is 158 Å². The van der Waals surface area contributed by atoms with Crippen LogP contribution in [-0.4, -0.2) is 26.2 Å². The molecule has 2 aromatic carbocycles. The van der Waals surface area contributed by atoms with Gasteiger partial charge in [0.2, 0.25) is 0 Å². The van der Waals surface area contributed by atoms with Crippen LogP contribution in [0.4, 0.5) is 0 Å². The molecule has 4 nitrogen and oxygen atoms in total. The van der Waals surface area contributed by atoms with Crippen molar-refractivity contribution in [3.8, 4) is 0 Å². The first-order valence-corrected chi connectivity index (χ1v) is 9.39. The Morgan fingerprint density at radius 3 is 1.44 bits per heavy atom. The number of rotatable bonds is 4. The second-order valence-electron chi connectivity index (χ2n) is 7.98. The van der Waals surface area contributed by atoms with E-state index in [-0.39, 0.29) is 23.8 Å².